The van der Waals surface area contributed by atoms with Gasteiger partial charge in [-0.3, -0.25) is 14.3 Å². The minimum atomic E-state index is -0.467. The number of amides is 2. The van der Waals surface area contributed by atoms with Crippen molar-refractivity contribution in [3.8, 4) is 5.88 Å². The molecule has 2 rings (SSSR count). The van der Waals surface area contributed by atoms with E-state index in [2.05, 4.69) is 15.7 Å². The first-order valence-corrected chi connectivity index (χ1v) is 8.87. The molecule has 0 spiro atoms. The molecule has 0 saturated carbocycles. The molecule has 0 bridgehead atoms. The van der Waals surface area contributed by atoms with Crippen LogP contribution in [0, 0.1) is 0 Å². The molecule has 0 atom stereocenters. The smallest absolute Gasteiger partial charge is 0.338 e. The maximum atomic E-state index is 12.1. The summed E-state index contributed by atoms with van der Waals surface area (Å²) in [5.74, 6) is -1.09. The Hall–Kier alpha value is -3.36. The lowest BCUT2D eigenvalue weighted by molar-refractivity contribution is -0.115. The van der Waals surface area contributed by atoms with Crippen LogP contribution in [0.5, 0.6) is 5.88 Å². The van der Waals surface area contributed by atoms with E-state index < -0.39 is 17.8 Å². The lowest BCUT2D eigenvalue weighted by Crippen LogP contribution is -2.32. The van der Waals surface area contributed by atoms with Crippen molar-refractivity contribution in [1.82, 2.24) is 15.1 Å². The fourth-order valence-electron chi connectivity index (χ4n) is 2.32. The first kappa shape index (κ1) is 20.9. The lowest BCUT2D eigenvalue weighted by Gasteiger charge is -2.08. The zero-order chi connectivity index (χ0) is 20.5. The normalized spacial score (nSPS) is 10.2. The number of aromatic nitrogens is 2. The van der Waals surface area contributed by atoms with Gasteiger partial charge in [-0.15, -0.1) is 5.10 Å². The molecule has 0 aliphatic carbocycles. The second-order valence-corrected chi connectivity index (χ2v) is 6.02. The number of carbonyl (C=O) groups excluding carboxylic acids is 3. The van der Waals surface area contributed by atoms with Gasteiger partial charge in [0.25, 0.3) is 5.91 Å². The molecule has 2 N–H and O–H groups in total. The molecule has 1 heterocycles. The quantitative estimate of drug-likeness (QED) is 0.500. The highest BCUT2D eigenvalue weighted by atomic mass is 16.5. The van der Waals surface area contributed by atoms with Crippen LogP contribution in [-0.4, -0.2) is 47.8 Å². The van der Waals surface area contributed by atoms with E-state index in [1.807, 2.05) is 6.92 Å². The van der Waals surface area contributed by atoms with Gasteiger partial charge in [0.2, 0.25) is 11.8 Å². The Labute approximate surface area is 163 Å². The Balaban J connectivity index is 1.84. The number of aryl methyl sites for hydroxylation is 1. The summed E-state index contributed by atoms with van der Waals surface area (Å²) < 4.78 is 11.6. The molecule has 9 nitrogen and oxygen atoms in total. The third-order valence-electron chi connectivity index (χ3n) is 3.78. The number of methoxy groups -OCH3 is 1. The number of anilines is 1. The van der Waals surface area contributed by atoms with Gasteiger partial charge >= 0.3 is 5.97 Å². The van der Waals surface area contributed by atoms with Gasteiger partial charge in [0.1, 0.15) is 5.56 Å². The number of ether oxygens (including phenoxy) is 2. The molecule has 0 saturated heterocycles. The molecular formula is C19H24N4O5. The average molecular weight is 388 g/mol. The van der Waals surface area contributed by atoms with Crippen LogP contribution in [-0.2, 0) is 16.6 Å². The lowest BCUT2D eigenvalue weighted by atomic mass is 10.2. The zero-order valence-corrected chi connectivity index (χ0v) is 16.2. The minimum absolute atomic E-state index is 0.182. The molecule has 1 aromatic carbocycles. The van der Waals surface area contributed by atoms with E-state index in [1.54, 1.807) is 31.3 Å². The largest absolute Gasteiger partial charge is 0.479 e. The molecule has 0 aliphatic rings. The molecular weight excluding hydrogens is 364 g/mol. The fraction of sp³-hybridized carbons (Fsp3) is 0.368. The van der Waals surface area contributed by atoms with Crippen LogP contribution in [0.4, 0.5) is 5.69 Å². The number of hydrogen-bond donors (Lipinski definition) is 2. The fourth-order valence-corrected chi connectivity index (χ4v) is 2.32. The van der Waals surface area contributed by atoms with Crippen molar-refractivity contribution in [1.29, 1.82) is 0 Å². The third-order valence-corrected chi connectivity index (χ3v) is 3.78. The highest BCUT2D eigenvalue weighted by Gasteiger charge is 2.17. The molecule has 0 fully saturated rings. The average Bonchev–Trinajstić information content (AvgIpc) is 3.07. The second-order valence-electron chi connectivity index (χ2n) is 6.02. The van der Waals surface area contributed by atoms with Gasteiger partial charge in [0.15, 0.2) is 0 Å². The molecule has 2 amide bonds. The number of unbranched alkanes of at least 4 members (excludes halogenated alkanes) is 1. The predicted molar refractivity (Wildman–Crippen MR) is 102 cm³/mol. The van der Waals surface area contributed by atoms with Crippen LogP contribution in [0.3, 0.4) is 0 Å². The van der Waals surface area contributed by atoms with Gasteiger partial charge in [0, 0.05) is 18.9 Å². The SMILES string of the molecule is CCCCOC(=O)c1ccc(NC(=O)CNC(=O)c2cn(C)nc2OC)cc1. The molecule has 0 radical (unpaired) electrons. The van der Waals surface area contributed by atoms with Crippen molar-refractivity contribution < 1.29 is 23.9 Å². The molecule has 2 aromatic rings. The van der Waals surface area contributed by atoms with E-state index >= 15 is 0 Å². The van der Waals surface area contributed by atoms with Gasteiger partial charge < -0.3 is 20.1 Å². The van der Waals surface area contributed by atoms with Gasteiger partial charge in [-0.05, 0) is 30.7 Å². The number of benzene rings is 1. The van der Waals surface area contributed by atoms with E-state index in [4.69, 9.17) is 9.47 Å². The molecule has 0 unspecified atom stereocenters. The van der Waals surface area contributed by atoms with E-state index in [0.717, 1.165) is 12.8 Å². The first-order chi connectivity index (χ1) is 13.4. The van der Waals surface area contributed by atoms with Crippen LogP contribution in [0.15, 0.2) is 30.5 Å². The maximum absolute atomic E-state index is 12.1. The molecule has 0 aliphatic heterocycles. The molecule has 150 valence electrons. The minimum Gasteiger partial charge on any atom is -0.479 e. The number of carbonyl (C=O) groups is 3. The Morgan fingerprint density at radius 1 is 1.18 bits per heavy atom. The number of nitrogens with zero attached hydrogens (tertiary/aromatic N) is 2. The summed E-state index contributed by atoms with van der Waals surface area (Å²) in [7, 11) is 3.07. The van der Waals surface area contributed by atoms with Gasteiger partial charge in [-0.2, -0.15) is 0 Å². The Kier molecular flexibility index (Phi) is 7.55. The maximum Gasteiger partial charge on any atom is 0.338 e. The van der Waals surface area contributed by atoms with Crippen LogP contribution in [0.1, 0.15) is 40.5 Å². The summed E-state index contributed by atoms with van der Waals surface area (Å²) in [6.45, 7) is 2.17. The van der Waals surface area contributed by atoms with E-state index in [1.165, 1.54) is 18.0 Å². The summed E-state index contributed by atoms with van der Waals surface area (Å²) >= 11 is 0. The first-order valence-electron chi connectivity index (χ1n) is 8.87. The number of esters is 1. The van der Waals surface area contributed by atoms with Crippen LogP contribution < -0.4 is 15.4 Å². The topological polar surface area (TPSA) is 112 Å². The molecule has 28 heavy (non-hydrogen) atoms. The van der Waals surface area contributed by atoms with Crippen molar-refractivity contribution in [2.24, 2.45) is 7.05 Å². The Morgan fingerprint density at radius 3 is 2.54 bits per heavy atom. The Bertz CT molecular complexity index is 829. The second kappa shape index (κ2) is 10.1. The van der Waals surface area contributed by atoms with E-state index in [0.29, 0.717) is 17.9 Å². The summed E-state index contributed by atoms with van der Waals surface area (Å²) in [5.41, 5.74) is 1.15. The van der Waals surface area contributed by atoms with Crippen LogP contribution in [0.25, 0.3) is 0 Å². The van der Waals surface area contributed by atoms with Crippen LogP contribution in [0.2, 0.25) is 0 Å². The molecule has 9 heteroatoms. The predicted octanol–water partition coefficient (Wildman–Crippen LogP) is 1.75. The van der Waals surface area contributed by atoms with Crippen molar-refractivity contribution in [2.45, 2.75) is 19.8 Å². The monoisotopic (exact) mass is 388 g/mol. The van der Waals surface area contributed by atoms with Gasteiger partial charge in [0.05, 0.1) is 25.8 Å². The number of hydrogen-bond acceptors (Lipinski definition) is 6. The number of rotatable bonds is 9. The summed E-state index contributed by atoms with van der Waals surface area (Å²) in [6.07, 6.45) is 3.27. The van der Waals surface area contributed by atoms with Crippen LogP contribution >= 0.6 is 0 Å². The highest BCUT2D eigenvalue weighted by Crippen LogP contribution is 2.14. The summed E-state index contributed by atoms with van der Waals surface area (Å²) in [4.78, 5) is 36.0. The third kappa shape index (κ3) is 5.83. The zero-order valence-electron chi connectivity index (χ0n) is 16.2. The number of nitrogens with one attached hydrogen (secondary N) is 2. The highest BCUT2D eigenvalue weighted by molar-refractivity contribution is 6.00. The van der Waals surface area contributed by atoms with Crippen molar-refractivity contribution in [3.05, 3.63) is 41.6 Å². The van der Waals surface area contributed by atoms with E-state index in [-0.39, 0.29) is 18.0 Å². The summed E-state index contributed by atoms with van der Waals surface area (Å²) in [6, 6.07) is 6.34. The van der Waals surface area contributed by atoms with Crippen molar-refractivity contribution in [3.63, 3.8) is 0 Å². The standard InChI is InChI=1S/C19H24N4O5/c1-4-5-10-28-19(26)13-6-8-14(9-7-13)21-16(24)11-20-17(25)15-12-23(2)22-18(15)27-3/h6-9,12H,4-5,10-11H2,1-3H3,(H,20,25)(H,21,24). The Morgan fingerprint density at radius 2 is 1.89 bits per heavy atom. The van der Waals surface area contributed by atoms with Crippen molar-refractivity contribution >= 4 is 23.5 Å². The van der Waals surface area contributed by atoms with E-state index in [9.17, 15) is 14.4 Å². The van der Waals surface area contributed by atoms with Gasteiger partial charge in [-0.25, -0.2) is 4.79 Å². The van der Waals surface area contributed by atoms with Crippen molar-refractivity contribution in [2.75, 3.05) is 25.6 Å². The van der Waals surface area contributed by atoms with Gasteiger partial charge in [-0.1, -0.05) is 13.3 Å². The summed E-state index contributed by atoms with van der Waals surface area (Å²) in [5, 5.41) is 9.14. The molecule has 1 aromatic heterocycles.